The smallest absolute Gasteiger partial charge is 0.110 e. The van der Waals surface area contributed by atoms with E-state index in [9.17, 15) is 5.11 Å². The topological polar surface area (TPSA) is 44.3 Å². The number of nitrogens with one attached hydrogen (secondary N) is 2. The van der Waals surface area contributed by atoms with Crippen molar-refractivity contribution in [3.05, 3.63) is 0 Å². The van der Waals surface area contributed by atoms with Gasteiger partial charge in [0.2, 0.25) is 0 Å². The number of piperidine rings is 1. The van der Waals surface area contributed by atoms with Gasteiger partial charge in [-0.1, -0.05) is 0 Å². The minimum Gasteiger partial charge on any atom is -0.378 e. The van der Waals surface area contributed by atoms with Gasteiger partial charge in [0.05, 0.1) is 0 Å². The Morgan fingerprint density at radius 3 is 2.27 bits per heavy atom. The quantitative estimate of drug-likeness (QED) is 0.450. The minimum atomic E-state index is -0.246. The number of hydrogen-bond donors (Lipinski definition) is 3. The molecule has 3 heteroatoms. The van der Waals surface area contributed by atoms with Crippen molar-refractivity contribution in [3.8, 4) is 0 Å². The molecule has 2 aliphatic heterocycles. The molecule has 64 valence electrons. The normalized spacial score (nSPS) is 36.3. The van der Waals surface area contributed by atoms with Crippen molar-refractivity contribution in [2.45, 2.75) is 25.5 Å². The van der Waals surface area contributed by atoms with Gasteiger partial charge in [-0.3, -0.25) is 5.32 Å². The monoisotopic (exact) mass is 156 g/mol. The van der Waals surface area contributed by atoms with E-state index in [1.165, 1.54) is 0 Å². The lowest BCUT2D eigenvalue weighted by atomic mass is 9.77. The Labute approximate surface area is 67.2 Å². The molecule has 11 heavy (non-hydrogen) atoms. The van der Waals surface area contributed by atoms with E-state index in [-0.39, 0.29) is 11.6 Å². The largest absolute Gasteiger partial charge is 0.378 e. The average Bonchev–Trinajstić information content (AvgIpc) is 2.36. The summed E-state index contributed by atoms with van der Waals surface area (Å²) in [6, 6.07) is 0. The van der Waals surface area contributed by atoms with Crippen molar-refractivity contribution in [2.24, 2.45) is 5.41 Å². The zero-order valence-electron chi connectivity index (χ0n) is 6.77. The molecule has 0 aromatic heterocycles. The summed E-state index contributed by atoms with van der Waals surface area (Å²) in [5, 5.41) is 16.1. The zero-order chi connectivity index (χ0) is 7.73. The van der Waals surface area contributed by atoms with Crippen LogP contribution in [0.2, 0.25) is 0 Å². The molecule has 3 N–H and O–H groups in total. The van der Waals surface area contributed by atoms with Gasteiger partial charge >= 0.3 is 0 Å². The molecule has 0 amide bonds. The second-order valence-corrected chi connectivity index (χ2v) is 3.72. The van der Waals surface area contributed by atoms with Crippen molar-refractivity contribution in [1.82, 2.24) is 10.6 Å². The summed E-state index contributed by atoms with van der Waals surface area (Å²) in [5.74, 6) is 0. The van der Waals surface area contributed by atoms with Gasteiger partial charge in [0, 0.05) is 5.41 Å². The van der Waals surface area contributed by atoms with Crippen LogP contribution in [0, 0.1) is 5.41 Å². The van der Waals surface area contributed by atoms with Crippen molar-refractivity contribution in [3.63, 3.8) is 0 Å². The first-order chi connectivity index (χ1) is 5.33. The van der Waals surface area contributed by atoms with Gasteiger partial charge < -0.3 is 10.4 Å². The Hall–Kier alpha value is -0.120. The SMILES string of the molecule is OC1NCCC12CCNCC2. The Morgan fingerprint density at radius 1 is 1.09 bits per heavy atom. The van der Waals surface area contributed by atoms with E-state index in [2.05, 4.69) is 10.6 Å². The van der Waals surface area contributed by atoms with Gasteiger partial charge in [-0.05, 0) is 38.9 Å². The summed E-state index contributed by atoms with van der Waals surface area (Å²) in [7, 11) is 0. The van der Waals surface area contributed by atoms with Crippen LogP contribution in [0.4, 0.5) is 0 Å². The highest BCUT2D eigenvalue weighted by atomic mass is 16.3. The summed E-state index contributed by atoms with van der Waals surface area (Å²) in [4.78, 5) is 0. The van der Waals surface area contributed by atoms with Crippen LogP contribution in [0.3, 0.4) is 0 Å². The van der Waals surface area contributed by atoms with Crippen molar-refractivity contribution >= 4 is 0 Å². The standard InChI is InChI=1S/C8H16N2O/c11-7-8(3-6-10-7)1-4-9-5-2-8/h7,9-11H,1-6H2. The molecule has 2 heterocycles. The van der Waals surface area contributed by atoms with Gasteiger partial charge in [-0.15, -0.1) is 0 Å². The van der Waals surface area contributed by atoms with Crippen molar-refractivity contribution in [1.29, 1.82) is 0 Å². The van der Waals surface area contributed by atoms with Crippen LogP contribution in [0.15, 0.2) is 0 Å². The summed E-state index contributed by atoms with van der Waals surface area (Å²) in [6.45, 7) is 3.12. The molecule has 0 aromatic carbocycles. The summed E-state index contributed by atoms with van der Waals surface area (Å²) in [5.41, 5.74) is 0.214. The van der Waals surface area contributed by atoms with Gasteiger partial charge in [0.25, 0.3) is 0 Å². The molecular formula is C8H16N2O. The molecule has 2 saturated heterocycles. The van der Waals surface area contributed by atoms with Crippen LogP contribution in [-0.4, -0.2) is 31.0 Å². The molecule has 3 nitrogen and oxygen atoms in total. The molecule has 2 rings (SSSR count). The molecule has 2 fully saturated rings. The fourth-order valence-corrected chi connectivity index (χ4v) is 2.26. The van der Waals surface area contributed by atoms with E-state index in [0.717, 1.165) is 38.9 Å². The summed E-state index contributed by atoms with van der Waals surface area (Å²) >= 11 is 0. The maximum Gasteiger partial charge on any atom is 0.110 e. The fourth-order valence-electron chi connectivity index (χ4n) is 2.26. The maximum atomic E-state index is 9.67. The molecule has 0 radical (unpaired) electrons. The molecule has 1 spiro atoms. The molecule has 2 aliphatic rings. The lowest BCUT2D eigenvalue weighted by Crippen LogP contribution is -2.44. The van der Waals surface area contributed by atoms with E-state index in [0.29, 0.717) is 0 Å². The first kappa shape index (κ1) is 7.53. The summed E-state index contributed by atoms with van der Waals surface area (Å²) in [6.07, 6.45) is 3.16. The van der Waals surface area contributed by atoms with Gasteiger partial charge in [0.1, 0.15) is 6.23 Å². The number of hydrogen-bond acceptors (Lipinski definition) is 3. The van der Waals surface area contributed by atoms with Crippen LogP contribution in [-0.2, 0) is 0 Å². The average molecular weight is 156 g/mol. The van der Waals surface area contributed by atoms with Crippen LogP contribution in [0.1, 0.15) is 19.3 Å². The van der Waals surface area contributed by atoms with Crippen LogP contribution < -0.4 is 10.6 Å². The van der Waals surface area contributed by atoms with Crippen molar-refractivity contribution in [2.75, 3.05) is 19.6 Å². The predicted molar refractivity (Wildman–Crippen MR) is 43.2 cm³/mol. The third-order valence-corrected chi connectivity index (χ3v) is 3.14. The first-order valence-corrected chi connectivity index (χ1v) is 4.46. The molecule has 0 aromatic rings. The van der Waals surface area contributed by atoms with Gasteiger partial charge in [-0.2, -0.15) is 0 Å². The highest BCUT2D eigenvalue weighted by molar-refractivity contribution is 4.94. The molecular weight excluding hydrogens is 140 g/mol. The van der Waals surface area contributed by atoms with Crippen molar-refractivity contribution < 1.29 is 5.11 Å². The Bertz CT molecular complexity index is 143. The molecule has 0 aliphatic carbocycles. The number of aliphatic hydroxyl groups excluding tert-OH is 1. The van der Waals surface area contributed by atoms with E-state index in [4.69, 9.17) is 0 Å². The molecule has 1 atom stereocenters. The second kappa shape index (κ2) is 2.73. The fraction of sp³-hybridized carbons (Fsp3) is 1.00. The van der Waals surface area contributed by atoms with Crippen LogP contribution in [0.5, 0.6) is 0 Å². The maximum absolute atomic E-state index is 9.67. The van der Waals surface area contributed by atoms with Crippen LogP contribution in [0.25, 0.3) is 0 Å². The van der Waals surface area contributed by atoms with E-state index in [1.54, 1.807) is 0 Å². The number of aliphatic hydroxyl groups is 1. The predicted octanol–water partition coefficient (Wildman–Crippen LogP) is -0.332. The van der Waals surface area contributed by atoms with Gasteiger partial charge in [0.15, 0.2) is 0 Å². The van der Waals surface area contributed by atoms with E-state index in [1.807, 2.05) is 0 Å². The summed E-state index contributed by atoms with van der Waals surface area (Å²) < 4.78 is 0. The lowest BCUT2D eigenvalue weighted by molar-refractivity contribution is 0.0154. The Balaban J connectivity index is 2.06. The third kappa shape index (κ3) is 1.17. The number of rotatable bonds is 0. The third-order valence-electron chi connectivity index (χ3n) is 3.14. The minimum absolute atomic E-state index is 0.214. The van der Waals surface area contributed by atoms with E-state index < -0.39 is 0 Å². The van der Waals surface area contributed by atoms with E-state index >= 15 is 0 Å². The molecule has 1 unspecified atom stereocenters. The first-order valence-electron chi connectivity index (χ1n) is 4.46. The Morgan fingerprint density at radius 2 is 1.73 bits per heavy atom. The van der Waals surface area contributed by atoms with Crippen LogP contribution >= 0.6 is 0 Å². The van der Waals surface area contributed by atoms with Gasteiger partial charge in [-0.25, -0.2) is 0 Å². The highest BCUT2D eigenvalue weighted by Crippen LogP contribution is 2.38. The zero-order valence-corrected chi connectivity index (χ0v) is 6.77. The molecule has 0 bridgehead atoms. The lowest BCUT2D eigenvalue weighted by Gasteiger charge is -2.35. The highest BCUT2D eigenvalue weighted by Gasteiger charge is 2.42. The molecule has 0 saturated carbocycles. The second-order valence-electron chi connectivity index (χ2n) is 3.72. The Kier molecular flexibility index (Phi) is 1.87.